The van der Waals surface area contributed by atoms with E-state index >= 15 is 0 Å². The lowest BCUT2D eigenvalue weighted by Gasteiger charge is -2.04. The molecule has 0 aromatic carbocycles. The first-order valence-electron chi connectivity index (χ1n) is 5.94. The molecule has 0 atom stereocenters. The van der Waals surface area contributed by atoms with Crippen molar-refractivity contribution in [2.24, 2.45) is 0 Å². The smallest absolute Gasteiger partial charge is 0.299 e. The highest BCUT2D eigenvalue weighted by Crippen LogP contribution is 2.02. The fourth-order valence-corrected chi connectivity index (χ4v) is 1.70. The molecule has 0 N–H and O–H groups in total. The van der Waals surface area contributed by atoms with Crippen molar-refractivity contribution in [1.82, 2.24) is 9.13 Å². The second-order valence-electron chi connectivity index (χ2n) is 4.34. The molecule has 0 radical (unpaired) electrons. The van der Waals surface area contributed by atoms with Gasteiger partial charge in [-0.25, -0.2) is 4.79 Å². The predicted molar refractivity (Wildman–Crippen MR) is 63.2 cm³/mol. The molecule has 0 spiro atoms. The lowest BCUT2D eigenvalue weighted by atomic mass is 10.2. The molecular formula is C12H22N2O. The zero-order valence-electron chi connectivity index (χ0n) is 10.1. The minimum Gasteiger partial charge on any atom is -0.299 e. The molecule has 0 saturated heterocycles. The number of aryl methyl sites for hydroxylation is 1. The van der Waals surface area contributed by atoms with Crippen molar-refractivity contribution in [1.29, 1.82) is 0 Å². The van der Waals surface area contributed by atoms with Crippen LogP contribution in [-0.4, -0.2) is 9.13 Å². The largest absolute Gasteiger partial charge is 0.328 e. The second kappa shape index (κ2) is 5.79. The van der Waals surface area contributed by atoms with Gasteiger partial charge in [0.05, 0.1) is 0 Å². The molecule has 86 valence electrons. The van der Waals surface area contributed by atoms with Gasteiger partial charge in [0.1, 0.15) is 0 Å². The molecular weight excluding hydrogens is 188 g/mol. The Labute approximate surface area is 91.7 Å². The molecule has 3 heteroatoms. The van der Waals surface area contributed by atoms with Crippen molar-refractivity contribution in [2.45, 2.75) is 59.0 Å². The zero-order valence-corrected chi connectivity index (χ0v) is 10.1. The average Bonchev–Trinajstić information content (AvgIpc) is 2.55. The molecule has 0 aliphatic heterocycles. The van der Waals surface area contributed by atoms with E-state index in [9.17, 15) is 4.79 Å². The standard InChI is InChI=1S/C12H22N2O/c1-4-5-6-7-8-13-9-10-14(11(2)3)12(13)15/h9-11H,4-8H2,1-3H3. The maximum Gasteiger partial charge on any atom is 0.328 e. The number of rotatable bonds is 6. The van der Waals surface area contributed by atoms with Gasteiger partial charge >= 0.3 is 5.69 Å². The van der Waals surface area contributed by atoms with E-state index in [1.165, 1.54) is 19.3 Å². The highest BCUT2D eigenvalue weighted by atomic mass is 16.1. The molecule has 3 nitrogen and oxygen atoms in total. The lowest BCUT2D eigenvalue weighted by molar-refractivity contribution is 0.528. The van der Waals surface area contributed by atoms with Crippen molar-refractivity contribution in [2.75, 3.05) is 0 Å². The first kappa shape index (κ1) is 12.1. The van der Waals surface area contributed by atoms with Crippen molar-refractivity contribution in [3.05, 3.63) is 22.9 Å². The Morgan fingerprint density at radius 2 is 1.93 bits per heavy atom. The summed E-state index contributed by atoms with van der Waals surface area (Å²) in [7, 11) is 0. The molecule has 1 heterocycles. The number of nitrogens with zero attached hydrogens (tertiary/aromatic N) is 2. The van der Waals surface area contributed by atoms with E-state index in [2.05, 4.69) is 6.92 Å². The van der Waals surface area contributed by atoms with Gasteiger partial charge in [0.15, 0.2) is 0 Å². The Hall–Kier alpha value is -0.990. The molecule has 0 bridgehead atoms. The Balaban J connectivity index is 2.52. The van der Waals surface area contributed by atoms with E-state index in [4.69, 9.17) is 0 Å². The normalized spacial score (nSPS) is 11.2. The molecule has 1 rings (SSSR count). The van der Waals surface area contributed by atoms with E-state index in [1.807, 2.05) is 30.8 Å². The summed E-state index contributed by atoms with van der Waals surface area (Å²) in [5.41, 5.74) is 0.126. The lowest BCUT2D eigenvalue weighted by Crippen LogP contribution is -2.25. The molecule has 1 aromatic rings. The molecule has 0 fully saturated rings. The third-order valence-corrected chi connectivity index (χ3v) is 2.68. The summed E-state index contributed by atoms with van der Waals surface area (Å²) in [5.74, 6) is 0. The van der Waals surface area contributed by atoms with Crippen LogP contribution in [0.1, 0.15) is 52.5 Å². The van der Waals surface area contributed by atoms with Crippen molar-refractivity contribution >= 4 is 0 Å². The van der Waals surface area contributed by atoms with Gasteiger partial charge in [0.25, 0.3) is 0 Å². The molecule has 0 aliphatic rings. The Morgan fingerprint density at radius 3 is 2.47 bits per heavy atom. The highest BCUT2D eigenvalue weighted by Gasteiger charge is 2.04. The van der Waals surface area contributed by atoms with E-state index in [1.54, 1.807) is 4.57 Å². The van der Waals surface area contributed by atoms with Crippen LogP contribution in [0, 0.1) is 0 Å². The van der Waals surface area contributed by atoms with Gasteiger partial charge in [-0.1, -0.05) is 26.2 Å². The van der Waals surface area contributed by atoms with E-state index < -0.39 is 0 Å². The third-order valence-electron chi connectivity index (χ3n) is 2.68. The summed E-state index contributed by atoms with van der Waals surface area (Å²) in [6.07, 6.45) is 8.61. The van der Waals surface area contributed by atoms with Crippen molar-refractivity contribution < 1.29 is 0 Å². The maximum atomic E-state index is 11.8. The van der Waals surface area contributed by atoms with Gasteiger partial charge in [0.2, 0.25) is 0 Å². The monoisotopic (exact) mass is 210 g/mol. The highest BCUT2D eigenvalue weighted by molar-refractivity contribution is 4.83. The molecule has 1 aromatic heterocycles. The Morgan fingerprint density at radius 1 is 1.20 bits per heavy atom. The SMILES string of the molecule is CCCCCCn1ccn(C(C)C)c1=O. The molecule has 15 heavy (non-hydrogen) atoms. The van der Waals surface area contributed by atoms with Crippen LogP contribution in [0.4, 0.5) is 0 Å². The number of hydrogen-bond donors (Lipinski definition) is 0. The van der Waals surface area contributed by atoms with Gasteiger partial charge in [-0.05, 0) is 20.3 Å². The summed E-state index contributed by atoms with van der Waals surface area (Å²) >= 11 is 0. The molecule has 0 saturated carbocycles. The summed E-state index contributed by atoms with van der Waals surface area (Å²) < 4.78 is 3.59. The van der Waals surface area contributed by atoms with Crippen LogP contribution < -0.4 is 5.69 Å². The summed E-state index contributed by atoms with van der Waals surface area (Å²) in [6.45, 7) is 7.12. The van der Waals surface area contributed by atoms with Crippen molar-refractivity contribution in [3.8, 4) is 0 Å². The third kappa shape index (κ3) is 3.26. The number of hydrogen-bond acceptors (Lipinski definition) is 1. The minimum atomic E-state index is 0.126. The first-order chi connectivity index (χ1) is 7.16. The van der Waals surface area contributed by atoms with Crippen LogP contribution in [0.5, 0.6) is 0 Å². The van der Waals surface area contributed by atoms with Gasteiger partial charge in [-0.2, -0.15) is 0 Å². The summed E-state index contributed by atoms with van der Waals surface area (Å²) in [6, 6.07) is 0.259. The van der Waals surface area contributed by atoms with Crippen LogP contribution in [0.15, 0.2) is 17.2 Å². The van der Waals surface area contributed by atoms with E-state index in [-0.39, 0.29) is 11.7 Å². The van der Waals surface area contributed by atoms with E-state index in [0.717, 1.165) is 13.0 Å². The Kier molecular flexibility index (Phi) is 4.66. The van der Waals surface area contributed by atoms with Crippen LogP contribution in [0.3, 0.4) is 0 Å². The zero-order chi connectivity index (χ0) is 11.3. The summed E-state index contributed by atoms with van der Waals surface area (Å²) in [5, 5.41) is 0. The summed E-state index contributed by atoms with van der Waals surface area (Å²) in [4.78, 5) is 11.8. The average molecular weight is 210 g/mol. The molecule has 0 unspecified atom stereocenters. The quantitative estimate of drug-likeness (QED) is 0.663. The van der Waals surface area contributed by atoms with Gasteiger partial charge < -0.3 is 0 Å². The number of unbranched alkanes of at least 4 members (excludes halogenated alkanes) is 3. The van der Waals surface area contributed by atoms with Gasteiger partial charge in [-0.3, -0.25) is 9.13 Å². The van der Waals surface area contributed by atoms with Crippen molar-refractivity contribution in [3.63, 3.8) is 0 Å². The Bertz CT molecular complexity index is 336. The fourth-order valence-electron chi connectivity index (χ4n) is 1.70. The van der Waals surface area contributed by atoms with Crippen LogP contribution in [-0.2, 0) is 6.54 Å². The maximum absolute atomic E-state index is 11.8. The predicted octanol–water partition coefficient (Wildman–Crippen LogP) is 2.81. The van der Waals surface area contributed by atoms with Gasteiger partial charge in [-0.15, -0.1) is 0 Å². The number of imidazole rings is 1. The number of aromatic nitrogens is 2. The topological polar surface area (TPSA) is 26.9 Å². The first-order valence-corrected chi connectivity index (χ1v) is 5.94. The molecule has 0 aliphatic carbocycles. The van der Waals surface area contributed by atoms with E-state index in [0.29, 0.717) is 0 Å². The van der Waals surface area contributed by atoms with Gasteiger partial charge in [0, 0.05) is 25.0 Å². The second-order valence-corrected chi connectivity index (χ2v) is 4.34. The molecule has 0 amide bonds. The fraction of sp³-hybridized carbons (Fsp3) is 0.750. The van der Waals surface area contributed by atoms with Crippen LogP contribution in [0.25, 0.3) is 0 Å². The van der Waals surface area contributed by atoms with Crippen LogP contribution in [0.2, 0.25) is 0 Å². The van der Waals surface area contributed by atoms with Crippen LogP contribution >= 0.6 is 0 Å². The minimum absolute atomic E-state index is 0.126.